The Balaban J connectivity index is 4.44. The number of ether oxygens (including phenoxy) is 2. The third-order valence-corrected chi connectivity index (χ3v) is 2.07. The zero-order chi connectivity index (χ0) is 13.3. The highest BCUT2D eigenvalue weighted by Crippen LogP contribution is 2.12. The summed E-state index contributed by atoms with van der Waals surface area (Å²) in [6.45, 7) is 10.6. The highest BCUT2D eigenvalue weighted by Gasteiger charge is 2.19. The molecule has 0 fully saturated rings. The van der Waals surface area contributed by atoms with Crippen molar-refractivity contribution >= 4 is 5.97 Å². The molecule has 0 saturated heterocycles. The third-order valence-electron chi connectivity index (χ3n) is 2.07. The lowest BCUT2D eigenvalue weighted by Gasteiger charge is -2.20. The summed E-state index contributed by atoms with van der Waals surface area (Å²) in [5.74, 6) is -0.262. The molecule has 3 heteroatoms. The van der Waals surface area contributed by atoms with Crippen LogP contribution in [0.2, 0.25) is 0 Å². The largest absolute Gasteiger partial charge is 0.457 e. The highest BCUT2D eigenvalue weighted by atomic mass is 16.6. The molecule has 0 unspecified atom stereocenters. The summed E-state index contributed by atoms with van der Waals surface area (Å²) in [6.07, 6.45) is 5.04. The van der Waals surface area contributed by atoms with Crippen molar-refractivity contribution in [3.8, 4) is 0 Å². The van der Waals surface area contributed by atoms with Crippen molar-refractivity contribution in [1.29, 1.82) is 0 Å². The number of carbonyl (C=O) groups is 1. The van der Waals surface area contributed by atoms with E-state index in [0.29, 0.717) is 18.8 Å². The molecular formula is C14H26O3. The Bertz CT molecular complexity index is 249. The fourth-order valence-electron chi connectivity index (χ4n) is 1.24. The minimum atomic E-state index is -0.451. The lowest BCUT2D eigenvalue weighted by Crippen LogP contribution is -2.26. The van der Waals surface area contributed by atoms with Crippen molar-refractivity contribution in [3.05, 3.63) is 11.6 Å². The van der Waals surface area contributed by atoms with Crippen LogP contribution in [-0.2, 0) is 14.3 Å². The van der Waals surface area contributed by atoms with E-state index in [9.17, 15) is 4.79 Å². The van der Waals surface area contributed by atoms with E-state index in [1.54, 1.807) is 0 Å². The van der Waals surface area contributed by atoms with Gasteiger partial charge in [-0.15, -0.1) is 0 Å². The molecule has 0 spiro atoms. The highest BCUT2D eigenvalue weighted by molar-refractivity contribution is 5.89. The van der Waals surface area contributed by atoms with Crippen LogP contribution in [0.15, 0.2) is 11.6 Å². The van der Waals surface area contributed by atoms with Gasteiger partial charge in [-0.3, -0.25) is 0 Å². The minimum absolute atomic E-state index is 0.262. The van der Waals surface area contributed by atoms with Crippen molar-refractivity contribution in [2.24, 2.45) is 0 Å². The second-order valence-electron chi connectivity index (χ2n) is 5.01. The van der Waals surface area contributed by atoms with E-state index in [0.717, 1.165) is 19.3 Å². The Morgan fingerprint density at radius 2 is 1.88 bits per heavy atom. The normalized spacial score (nSPS) is 12.6. The van der Waals surface area contributed by atoms with Crippen molar-refractivity contribution in [1.82, 2.24) is 0 Å². The van der Waals surface area contributed by atoms with Crippen LogP contribution < -0.4 is 0 Å². The molecule has 0 aliphatic carbocycles. The molecule has 0 saturated carbocycles. The summed E-state index contributed by atoms with van der Waals surface area (Å²) in [5.41, 5.74) is 0.183. The van der Waals surface area contributed by atoms with E-state index in [4.69, 9.17) is 9.47 Å². The van der Waals surface area contributed by atoms with Crippen molar-refractivity contribution < 1.29 is 14.3 Å². The monoisotopic (exact) mass is 242 g/mol. The zero-order valence-corrected chi connectivity index (χ0v) is 11.8. The number of allylic oxidation sites excluding steroid dienone is 1. The summed E-state index contributed by atoms with van der Waals surface area (Å²) < 4.78 is 10.6. The van der Waals surface area contributed by atoms with Crippen LogP contribution in [0.3, 0.4) is 0 Å². The second kappa shape index (κ2) is 8.29. The Hall–Kier alpha value is -0.830. The molecule has 0 rings (SSSR count). The van der Waals surface area contributed by atoms with Gasteiger partial charge in [0.25, 0.3) is 0 Å². The van der Waals surface area contributed by atoms with Gasteiger partial charge in [0.2, 0.25) is 0 Å². The molecule has 3 nitrogen and oxygen atoms in total. The standard InChI is InChI=1S/C14H26O3/c1-6-8-9-10-12(11-16-7-2)13(15)17-14(3,4)5/h10H,6-9,11H2,1-5H3. The number of carbonyl (C=O) groups excluding carboxylic acids is 1. The fourth-order valence-corrected chi connectivity index (χ4v) is 1.24. The van der Waals surface area contributed by atoms with Crippen LogP contribution >= 0.6 is 0 Å². The number of hydrogen-bond acceptors (Lipinski definition) is 3. The molecule has 100 valence electrons. The summed E-state index contributed by atoms with van der Waals surface area (Å²) in [5, 5.41) is 0. The topological polar surface area (TPSA) is 35.5 Å². The van der Waals surface area contributed by atoms with Gasteiger partial charge in [-0.2, -0.15) is 0 Å². The fraction of sp³-hybridized carbons (Fsp3) is 0.786. The predicted octanol–water partition coefficient (Wildman–Crippen LogP) is 3.48. The molecule has 17 heavy (non-hydrogen) atoms. The van der Waals surface area contributed by atoms with Gasteiger partial charge in [-0.05, 0) is 34.1 Å². The molecule has 0 atom stereocenters. The van der Waals surface area contributed by atoms with Crippen LogP contribution in [0.1, 0.15) is 53.9 Å². The van der Waals surface area contributed by atoms with Gasteiger partial charge in [-0.1, -0.05) is 25.8 Å². The molecule has 0 heterocycles. The van der Waals surface area contributed by atoms with Gasteiger partial charge in [0.05, 0.1) is 12.2 Å². The van der Waals surface area contributed by atoms with Gasteiger partial charge < -0.3 is 9.47 Å². The number of hydrogen-bond donors (Lipinski definition) is 0. The first-order valence-electron chi connectivity index (χ1n) is 6.40. The maximum absolute atomic E-state index is 11.9. The van der Waals surface area contributed by atoms with E-state index in [1.165, 1.54) is 0 Å². The molecule has 0 aromatic heterocycles. The first-order valence-corrected chi connectivity index (χ1v) is 6.40. The summed E-state index contributed by atoms with van der Waals surface area (Å²) >= 11 is 0. The molecule has 0 aliphatic heterocycles. The lowest BCUT2D eigenvalue weighted by molar-refractivity contribution is -0.150. The van der Waals surface area contributed by atoms with E-state index in [-0.39, 0.29) is 5.97 Å². The average molecular weight is 242 g/mol. The predicted molar refractivity (Wildman–Crippen MR) is 69.9 cm³/mol. The van der Waals surface area contributed by atoms with Gasteiger partial charge in [0.15, 0.2) is 0 Å². The summed E-state index contributed by atoms with van der Waals surface area (Å²) in [7, 11) is 0. The van der Waals surface area contributed by atoms with Gasteiger partial charge in [0.1, 0.15) is 5.60 Å². The van der Waals surface area contributed by atoms with Crippen LogP contribution in [-0.4, -0.2) is 24.8 Å². The van der Waals surface area contributed by atoms with Crippen LogP contribution in [0.5, 0.6) is 0 Å². The zero-order valence-electron chi connectivity index (χ0n) is 11.8. The van der Waals surface area contributed by atoms with E-state index in [2.05, 4.69) is 6.92 Å². The molecule has 0 radical (unpaired) electrons. The molecule has 0 aliphatic rings. The van der Waals surface area contributed by atoms with E-state index < -0.39 is 5.60 Å². The third kappa shape index (κ3) is 8.93. The molecule has 0 aromatic carbocycles. The van der Waals surface area contributed by atoms with Crippen LogP contribution in [0.4, 0.5) is 0 Å². The first kappa shape index (κ1) is 16.2. The van der Waals surface area contributed by atoms with Crippen LogP contribution in [0.25, 0.3) is 0 Å². The maximum Gasteiger partial charge on any atom is 0.336 e. The summed E-state index contributed by atoms with van der Waals surface area (Å²) in [4.78, 5) is 11.9. The number of esters is 1. The van der Waals surface area contributed by atoms with Gasteiger partial charge in [0, 0.05) is 6.61 Å². The Morgan fingerprint density at radius 1 is 1.24 bits per heavy atom. The van der Waals surface area contributed by atoms with Gasteiger partial charge in [-0.25, -0.2) is 4.79 Å². The smallest absolute Gasteiger partial charge is 0.336 e. The molecule has 0 amide bonds. The van der Waals surface area contributed by atoms with Gasteiger partial charge >= 0.3 is 5.97 Å². The average Bonchev–Trinajstić information content (AvgIpc) is 2.20. The van der Waals surface area contributed by atoms with Crippen molar-refractivity contribution in [2.45, 2.75) is 59.5 Å². The van der Waals surface area contributed by atoms with E-state index in [1.807, 2.05) is 33.8 Å². The molecule has 0 aromatic rings. The second-order valence-corrected chi connectivity index (χ2v) is 5.01. The van der Waals surface area contributed by atoms with Crippen molar-refractivity contribution in [2.75, 3.05) is 13.2 Å². The Kier molecular flexibility index (Phi) is 7.88. The molecular weight excluding hydrogens is 216 g/mol. The van der Waals surface area contributed by atoms with E-state index >= 15 is 0 Å². The first-order chi connectivity index (χ1) is 7.90. The minimum Gasteiger partial charge on any atom is -0.457 e. The lowest BCUT2D eigenvalue weighted by atomic mass is 10.1. The van der Waals surface area contributed by atoms with Crippen LogP contribution in [0, 0.1) is 0 Å². The Labute approximate surface area is 105 Å². The molecule has 0 bridgehead atoms. The molecule has 0 N–H and O–H groups in total. The summed E-state index contributed by atoms with van der Waals surface area (Å²) in [6, 6.07) is 0. The van der Waals surface area contributed by atoms with Crippen molar-refractivity contribution in [3.63, 3.8) is 0 Å². The number of unbranched alkanes of at least 4 members (excludes halogenated alkanes) is 2. The maximum atomic E-state index is 11.9. The Morgan fingerprint density at radius 3 is 2.35 bits per heavy atom. The SMILES string of the molecule is CCCCC=C(COCC)C(=O)OC(C)(C)C. The number of rotatable bonds is 7. The quantitative estimate of drug-likeness (QED) is 0.389.